The summed E-state index contributed by atoms with van der Waals surface area (Å²) in [4.78, 5) is 3.91. The van der Waals surface area contributed by atoms with Gasteiger partial charge in [-0.1, -0.05) is 6.92 Å². The molecule has 0 aliphatic carbocycles. The Bertz CT molecular complexity index is 370. The molecule has 1 aliphatic heterocycles. The maximum absolute atomic E-state index is 13.5. The van der Waals surface area contributed by atoms with Gasteiger partial charge >= 0.3 is 0 Å². The van der Waals surface area contributed by atoms with E-state index in [1.165, 1.54) is 6.07 Å². The Hall–Kier alpha value is -1.36. The topological polar surface area (TPSA) is 51.6 Å². The molecule has 0 saturated carbocycles. The Labute approximate surface area is 86.7 Å². The molecule has 0 aromatic carbocycles. The number of aromatic nitrogens is 1. The third-order valence-corrected chi connectivity index (χ3v) is 2.22. The molecule has 1 aromatic rings. The second kappa shape index (κ2) is 4.02. The van der Waals surface area contributed by atoms with E-state index in [9.17, 15) is 9.50 Å². The van der Waals surface area contributed by atoms with Crippen molar-refractivity contribution in [3.05, 3.63) is 17.6 Å². The number of hydrogen-bond acceptors (Lipinski definition) is 4. The number of fused-ring (bicyclic) bond motifs is 1. The molecule has 1 unspecified atom stereocenters. The van der Waals surface area contributed by atoms with Crippen LogP contribution in [0.15, 0.2) is 6.07 Å². The fraction of sp³-hybridized carbons (Fsp3) is 0.500. The van der Waals surface area contributed by atoms with Crippen LogP contribution in [0.2, 0.25) is 0 Å². The van der Waals surface area contributed by atoms with Crippen molar-refractivity contribution in [2.75, 3.05) is 13.2 Å². The summed E-state index contributed by atoms with van der Waals surface area (Å²) < 4.78 is 23.8. The fourth-order valence-corrected chi connectivity index (χ4v) is 1.39. The van der Waals surface area contributed by atoms with Gasteiger partial charge in [0.25, 0.3) is 5.88 Å². The Balaban J connectivity index is 2.40. The molecule has 0 fully saturated rings. The van der Waals surface area contributed by atoms with E-state index in [0.29, 0.717) is 25.4 Å². The second-order valence-corrected chi connectivity index (χ2v) is 3.28. The lowest BCUT2D eigenvalue weighted by Crippen LogP contribution is -2.18. The molecule has 0 radical (unpaired) electrons. The number of pyridine rings is 1. The molecule has 1 aromatic heterocycles. The maximum Gasteiger partial charge on any atom is 0.257 e. The second-order valence-electron chi connectivity index (χ2n) is 3.28. The summed E-state index contributed by atoms with van der Waals surface area (Å²) in [5, 5.41) is 9.51. The highest BCUT2D eigenvalue weighted by Crippen LogP contribution is 2.31. The average molecular weight is 213 g/mol. The third-order valence-electron chi connectivity index (χ3n) is 2.22. The zero-order chi connectivity index (χ0) is 10.8. The van der Waals surface area contributed by atoms with Gasteiger partial charge in [0, 0.05) is 6.07 Å². The summed E-state index contributed by atoms with van der Waals surface area (Å²) >= 11 is 0. The zero-order valence-corrected chi connectivity index (χ0v) is 8.36. The number of aliphatic hydroxyl groups excluding tert-OH is 1. The number of nitrogens with zero attached hydrogens (tertiary/aromatic N) is 1. The highest BCUT2D eigenvalue weighted by Gasteiger charge is 2.20. The lowest BCUT2D eigenvalue weighted by atomic mass is 10.1. The van der Waals surface area contributed by atoms with Gasteiger partial charge in [0.05, 0.1) is 6.10 Å². The predicted octanol–water partition coefficient (Wildman–Crippen LogP) is 1.44. The Morgan fingerprint density at radius 2 is 2.27 bits per heavy atom. The van der Waals surface area contributed by atoms with Crippen LogP contribution in [0.1, 0.15) is 25.1 Å². The van der Waals surface area contributed by atoms with Crippen molar-refractivity contribution in [2.45, 2.75) is 19.4 Å². The van der Waals surface area contributed by atoms with Crippen LogP contribution < -0.4 is 9.47 Å². The van der Waals surface area contributed by atoms with E-state index in [2.05, 4.69) is 4.98 Å². The van der Waals surface area contributed by atoms with Crippen molar-refractivity contribution >= 4 is 0 Å². The van der Waals surface area contributed by atoms with Gasteiger partial charge in [0.1, 0.15) is 18.9 Å². The predicted molar refractivity (Wildman–Crippen MR) is 50.4 cm³/mol. The first-order valence-electron chi connectivity index (χ1n) is 4.86. The number of hydrogen-bond donors (Lipinski definition) is 1. The molecule has 1 N–H and O–H groups in total. The highest BCUT2D eigenvalue weighted by molar-refractivity contribution is 5.37. The van der Waals surface area contributed by atoms with Crippen molar-refractivity contribution in [3.8, 4) is 11.6 Å². The van der Waals surface area contributed by atoms with Gasteiger partial charge in [-0.05, 0) is 6.42 Å². The standard InChI is InChI=1S/C10H12FNO3/c1-2-7(13)9-6(11)5-8-10(12-9)15-4-3-14-8/h5,7,13H,2-4H2,1H3. The third kappa shape index (κ3) is 1.87. The van der Waals surface area contributed by atoms with E-state index in [0.717, 1.165) is 0 Å². The summed E-state index contributed by atoms with van der Waals surface area (Å²) in [6.45, 7) is 2.54. The Morgan fingerprint density at radius 1 is 1.53 bits per heavy atom. The Morgan fingerprint density at radius 3 is 3.00 bits per heavy atom. The molecule has 82 valence electrons. The SMILES string of the molecule is CCC(O)c1nc2c(cc1F)OCCO2. The number of aliphatic hydroxyl groups is 1. The molecular formula is C10H12FNO3. The van der Waals surface area contributed by atoms with Gasteiger partial charge in [-0.25, -0.2) is 9.37 Å². The molecule has 1 atom stereocenters. The maximum atomic E-state index is 13.5. The molecule has 0 saturated heterocycles. The normalized spacial score (nSPS) is 16.2. The van der Waals surface area contributed by atoms with Crippen LogP contribution in [0.3, 0.4) is 0 Å². The summed E-state index contributed by atoms with van der Waals surface area (Å²) in [5.41, 5.74) is 0.0155. The number of ether oxygens (including phenoxy) is 2. The first-order valence-corrected chi connectivity index (χ1v) is 4.86. The van der Waals surface area contributed by atoms with Crippen LogP contribution in [0.5, 0.6) is 11.6 Å². The minimum atomic E-state index is -0.902. The zero-order valence-electron chi connectivity index (χ0n) is 8.36. The van der Waals surface area contributed by atoms with Gasteiger partial charge in [-0.3, -0.25) is 0 Å². The minimum absolute atomic E-state index is 0.0155. The van der Waals surface area contributed by atoms with Crippen LogP contribution in [0.4, 0.5) is 4.39 Å². The van der Waals surface area contributed by atoms with Crippen molar-refractivity contribution in [1.82, 2.24) is 4.98 Å². The van der Waals surface area contributed by atoms with Gasteiger partial charge in [0.15, 0.2) is 11.6 Å². The fourth-order valence-electron chi connectivity index (χ4n) is 1.39. The van der Waals surface area contributed by atoms with Gasteiger partial charge < -0.3 is 14.6 Å². The highest BCUT2D eigenvalue weighted by atomic mass is 19.1. The quantitative estimate of drug-likeness (QED) is 0.807. The number of halogens is 1. The van der Waals surface area contributed by atoms with Crippen LogP contribution in [0, 0.1) is 5.82 Å². The molecule has 1 aliphatic rings. The van der Waals surface area contributed by atoms with E-state index in [-0.39, 0.29) is 11.6 Å². The number of rotatable bonds is 2. The Kier molecular flexibility index (Phi) is 2.73. The molecule has 2 heterocycles. The molecule has 4 nitrogen and oxygen atoms in total. The first-order chi connectivity index (χ1) is 7.22. The monoisotopic (exact) mass is 213 g/mol. The summed E-state index contributed by atoms with van der Waals surface area (Å²) in [6.07, 6.45) is -0.496. The molecular weight excluding hydrogens is 201 g/mol. The summed E-state index contributed by atoms with van der Waals surface area (Å²) in [7, 11) is 0. The van der Waals surface area contributed by atoms with Crippen molar-refractivity contribution in [1.29, 1.82) is 0 Å². The molecule has 15 heavy (non-hydrogen) atoms. The van der Waals surface area contributed by atoms with E-state index in [1.54, 1.807) is 6.92 Å². The van der Waals surface area contributed by atoms with Crippen molar-refractivity contribution in [3.63, 3.8) is 0 Å². The molecule has 0 bridgehead atoms. The van der Waals surface area contributed by atoms with E-state index in [4.69, 9.17) is 9.47 Å². The molecule has 0 amide bonds. The van der Waals surface area contributed by atoms with Gasteiger partial charge in [-0.2, -0.15) is 0 Å². The minimum Gasteiger partial charge on any atom is -0.484 e. The first kappa shape index (κ1) is 10.2. The van der Waals surface area contributed by atoms with Crippen LogP contribution in [-0.4, -0.2) is 23.3 Å². The van der Waals surface area contributed by atoms with Crippen LogP contribution in [0.25, 0.3) is 0 Å². The van der Waals surface area contributed by atoms with Crippen molar-refractivity contribution < 1.29 is 19.0 Å². The lowest BCUT2D eigenvalue weighted by Gasteiger charge is -2.19. The smallest absolute Gasteiger partial charge is 0.257 e. The lowest BCUT2D eigenvalue weighted by molar-refractivity contribution is 0.146. The van der Waals surface area contributed by atoms with Crippen molar-refractivity contribution in [2.24, 2.45) is 0 Å². The molecule has 0 spiro atoms. The van der Waals surface area contributed by atoms with Gasteiger partial charge in [0.2, 0.25) is 0 Å². The van der Waals surface area contributed by atoms with E-state index < -0.39 is 11.9 Å². The summed E-state index contributed by atoms with van der Waals surface area (Å²) in [5.74, 6) is -0.00967. The molecule has 5 heteroatoms. The van der Waals surface area contributed by atoms with Crippen LogP contribution in [-0.2, 0) is 0 Å². The molecule has 2 rings (SSSR count). The van der Waals surface area contributed by atoms with Gasteiger partial charge in [-0.15, -0.1) is 0 Å². The largest absolute Gasteiger partial charge is 0.484 e. The summed E-state index contributed by atoms with van der Waals surface area (Å²) in [6, 6.07) is 1.20. The van der Waals surface area contributed by atoms with E-state index >= 15 is 0 Å². The average Bonchev–Trinajstić information content (AvgIpc) is 2.27. The van der Waals surface area contributed by atoms with Crippen LogP contribution >= 0.6 is 0 Å². The van der Waals surface area contributed by atoms with E-state index in [1.807, 2.05) is 0 Å².